The maximum Gasteiger partial charge on any atom is 0.123 e. The summed E-state index contributed by atoms with van der Waals surface area (Å²) >= 11 is 2.24. The Labute approximate surface area is 67.2 Å². The highest BCUT2D eigenvalue weighted by molar-refractivity contribution is 14.1. The molecule has 0 nitrogen and oxygen atoms in total. The number of hydrogen-bond acceptors (Lipinski definition) is 0. The van der Waals surface area contributed by atoms with Crippen molar-refractivity contribution in [3.05, 3.63) is 35.6 Å². The van der Waals surface area contributed by atoms with Gasteiger partial charge in [-0.1, -0.05) is 34.7 Å². The summed E-state index contributed by atoms with van der Waals surface area (Å²) in [5.41, 5.74) is 1.16. The van der Waals surface area contributed by atoms with E-state index in [4.69, 9.17) is 0 Å². The van der Waals surface area contributed by atoms with Crippen LogP contribution in [-0.2, 0) is 4.43 Å². The zero-order valence-electron chi connectivity index (χ0n) is 4.77. The number of halogens is 2. The third-order valence-electron chi connectivity index (χ3n) is 1.07. The molecule has 0 amide bonds. The van der Waals surface area contributed by atoms with Gasteiger partial charge in [-0.05, 0) is 17.7 Å². The number of hydrogen-bond donors (Lipinski definition) is 0. The molecule has 0 N–H and O–H groups in total. The molecule has 9 heavy (non-hydrogen) atoms. The fourth-order valence-electron chi connectivity index (χ4n) is 0.573. The first kappa shape index (κ1) is 6.99. The molecule has 0 fully saturated rings. The summed E-state index contributed by atoms with van der Waals surface area (Å²) in [5.74, 6) is -0.163. The Hall–Kier alpha value is -0.120. The Morgan fingerprint density at radius 1 is 1.22 bits per heavy atom. The minimum atomic E-state index is -0.163. The monoisotopic (exact) mass is 236 g/mol. The summed E-state index contributed by atoms with van der Waals surface area (Å²) in [6, 6.07) is 6.55. The Morgan fingerprint density at radius 2 is 1.78 bits per heavy atom. The lowest BCUT2D eigenvalue weighted by atomic mass is 10.2. The molecule has 2 heteroatoms. The van der Waals surface area contributed by atoms with Gasteiger partial charge in [0.15, 0.2) is 0 Å². The fraction of sp³-hybridized carbons (Fsp3) is 0.143. The molecular formula is C7H6FI. The Morgan fingerprint density at radius 3 is 2.22 bits per heavy atom. The average molecular weight is 236 g/mol. The van der Waals surface area contributed by atoms with Gasteiger partial charge in [0.2, 0.25) is 0 Å². The molecule has 0 saturated carbocycles. The van der Waals surface area contributed by atoms with E-state index in [2.05, 4.69) is 22.6 Å². The van der Waals surface area contributed by atoms with Crippen LogP contribution in [0, 0.1) is 5.82 Å². The molecule has 1 rings (SSSR count). The van der Waals surface area contributed by atoms with Crippen molar-refractivity contribution in [3.63, 3.8) is 0 Å². The molecule has 0 aliphatic carbocycles. The van der Waals surface area contributed by atoms with E-state index in [0.717, 1.165) is 9.99 Å². The van der Waals surface area contributed by atoms with Crippen molar-refractivity contribution >= 4 is 22.6 Å². The predicted molar refractivity (Wildman–Crippen MR) is 44.1 cm³/mol. The van der Waals surface area contributed by atoms with E-state index in [1.165, 1.54) is 12.1 Å². The maximum absolute atomic E-state index is 12.2. The molecular weight excluding hydrogens is 230 g/mol. The second-order valence-corrected chi connectivity index (χ2v) is 2.52. The van der Waals surface area contributed by atoms with Crippen LogP contribution in [0.5, 0.6) is 0 Å². The topological polar surface area (TPSA) is 0 Å². The quantitative estimate of drug-likeness (QED) is 0.519. The normalized spacial score (nSPS) is 9.56. The van der Waals surface area contributed by atoms with E-state index < -0.39 is 0 Å². The summed E-state index contributed by atoms with van der Waals surface area (Å²) in [6.45, 7) is 0. The summed E-state index contributed by atoms with van der Waals surface area (Å²) in [6.07, 6.45) is 0. The lowest BCUT2D eigenvalue weighted by Gasteiger charge is -1.91. The van der Waals surface area contributed by atoms with Gasteiger partial charge in [0.1, 0.15) is 5.82 Å². The summed E-state index contributed by atoms with van der Waals surface area (Å²) < 4.78 is 13.2. The summed E-state index contributed by atoms with van der Waals surface area (Å²) in [4.78, 5) is 0. The van der Waals surface area contributed by atoms with Gasteiger partial charge in [-0.2, -0.15) is 0 Å². The molecule has 0 atom stereocenters. The van der Waals surface area contributed by atoms with Crippen molar-refractivity contribution in [2.75, 3.05) is 0 Å². The molecule has 0 aromatic heterocycles. The van der Waals surface area contributed by atoms with Crippen LogP contribution in [0.15, 0.2) is 24.3 Å². The van der Waals surface area contributed by atoms with Gasteiger partial charge in [-0.25, -0.2) is 4.39 Å². The van der Waals surface area contributed by atoms with E-state index >= 15 is 0 Å². The molecule has 0 radical (unpaired) electrons. The molecule has 0 unspecified atom stereocenters. The highest BCUT2D eigenvalue weighted by Crippen LogP contribution is 2.06. The molecule has 0 spiro atoms. The third-order valence-corrected chi connectivity index (χ3v) is 1.95. The van der Waals surface area contributed by atoms with Crippen LogP contribution in [0.1, 0.15) is 5.56 Å². The number of alkyl halides is 1. The molecule has 0 aliphatic rings. The van der Waals surface area contributed by atoms with E-state index in [9.17, 15) is 4.39 Å². The van der Waals surface area contributed by atoms with E-state index in [1.54, 1.807) is 12.1 Å². The predicted octanol–water partition coefficient (Wildman–Crippen LogP) is 2.76. The van der Waals surface area contributed by atoms with Crippen LogP contribution in [0.3, 0.4) is 0 Å². The van der Waals surface area contributed by atoms with E-state index in [1.807, 2.05) is 0 Å². The van der Waals surface area contributed by atoms with Crippen LogP contribution in [0.4, 0.5) is 4.39 Å². The van der Waals surface area contributed by atoms with Crippen molar-refractivity contribution in [2.45, 2.75) is 4.43 Å². The molecule has 48 valence electrons. The minimum Gasteiger partial charge on any atom is -0.207 e. The van der Waals surface area contributed by atoms with Gasteiger partial charge < -0.3 is 0 Å². The van der Waals surface area contributed by atoms with E-state index in [-0.39, 0.29) is 5.82 Å². The van der Waals surface area contributed by atoms with Crippen LogP contribution >= 0.6 is 22.6 Å². The van der Waals surface area contributed by atoms with E-state index in [0.29, 0.717) is 0 Å². The zero-order chi connectivity index (χ0) is 6.69. The molecule has 0 saturated heterocycles. The highest BCUT2D eigenvalue weighted by atomic mass is 127. The first-order chi connectivity index (χ1) is 4.33. The second-order valence-electron chi connectivity index (χ2n) is 1.76. The Kier molecular flexibility index (Phi) is 2.45. The summed E-state index contributed by atoms with van der Waals surface area (Å²) in [7, 11) is 0. The molecule has 0 aliphatic heterocycles. The Balaban J connectivity index is 2.88. The zero-order valence-corrected chi connectivity index (χ0v) is 6.93. The van der Waals surface area contributed by atoms with Gasteiger partial charge >= 0.3 is 0 Å². The number of rotatable bonds is 1. The fourth-order valence-corrected chi connectivity index (χ4v) is 1.08. The first-order valence-electron chi connectivity index (χ1n) is 2.63. The van der Waals surface area contributed by atoms with Crippen LogP contribution in [-0.4, -0.2) is 0 Å². The first-order valence-corrected chi connectivity index (χ1v) is 4.16. The lowest BCUT2D eigenvalue weighted by molar-refractivity contribution is 0.627. The minimum absolute atomic E-state index is 0.163. The van der Waals surface area contributed by atoms with Crippen molar-refractivity contribution < 1.29 is 4.39 Å². The van der Waals surface area contributed by atoms with Gasteiger partial charge in [0.25, 0.3) is 0 Å². The van der Waals surface area contributed by atoms with Gasteiger partial charge in [0, 0.05) is 4.43 Å². The largest absolute Gasteiger partial charge is 0.207 e. The molecule has 0 bridgehead atoms. The highest BCUT2D eigenvalue weighted by Gasteiger charge is 1.88. The van der Waals surface area contributed by atoms with Crippen molar-refractivity contribution in [3.8, 4) is 0 Å². The summed E-state index contributed by atoms with van der Waals surface area (Å²) in [5, 5.41) is 0. The molecule has 1 aromatic rings. The smallest absolute Gasteiger partial charge is 0.123 e. The van der Waals surface area contributed by atoms with Crippen LogP contribution < -0.4 is 0 Å². The lowest BCUT2D eigenvalue weighted by Crippen LogP contribution is -1.76. The molecule has 1 aromatic carbocycles. The van der Waals surface area contributed by atoms with Gasteiger partial charge in [0.05, 0.1) is 0 Å². The maximum atomic E-state index is 12.2. The SMILES string of the molecule is Fc1ccc(CI)cc1. The van der Waals surface area contributed by atoms with Crippen LogP contribution in [0.2, 0.25) is 0 Å². The second kappa shape index (κ2) is 3.15. The Bertz CT molecular complexity index is 181. The van der Waals surface area contributed by atoms with Crippen molar-refractivity contribution in [2.24, 2.45) is 0 Å². The molecule has 0 heterocycles. The van der Waals surface area contributed by atoms with Gasteiger partial charge in [-0.3, -0.25) is 0 Å². The van der Waals surface area contributed by atoms with Crippen molar-refractivity contribution in [1.29, 1.82) is 0 Å². The van der Waals surface area contributed by atoms with Crippen molar-refractivity contribution in [1.82, 2.24) is 0 Å². The van der Waals surface area contributed by atoms with Crippen LogP contribution in [0.25, 0.3) is 0 Å². The third kappa shape index (κ3) is 1.93. The standard InChI is InChI=1S/C7H6FI/c8-7-3-1-6(5-9)2-4-7/h1-4H,5H2. The average Bonchev–Trinajstić information content (AvgIpc) is 1.90. The van der Waals surface area contributed by atoms with Gasteiger partial charge in [-0.15, -0.1) is 0 Å². The number of benzene rings is 1.